The van der Waals surface area contributed by atoms with Crippen molar-refractivity contribution in [3.63, 3.8) is 0 Å². The van der Waals surface area contributed by atoms with Crippen LogP contribution in [0.25, 0.3) is 0 Å². The third kappa shape index (κ3) is 2.98. The fraction of sp³-hybridized carbons (Fsp3) is 1.00. The van der Waals surface area contributed by atoms with Crippen molar-refractivity contribution in [1.82, 2.24) is 0 Å². The second-order valence-electron chi connectivity index (χ2n) is 3.42. The minimum absolute atomic E-state index is 0.137. The quantitative estimate of drug-likeness (QED) is 0.588. The van der Waals surface area contributed by atoms with Gasteiger partial charge in [0, 0.05) is 0 Å². The van der Waals surface area contributed by atoms with E-state index < -0.39 is 7.28 Å². The molecule has 4 heteroatoms. The molecule has 0 aliphatic rings. The van der Waals surface area contributed by atoms with Crippen molar-refractivity contribution < 1.29 is 14.7 Å². The Hall–Kier alpha value is 0.310. The van der Waals surface area contributed by atoms with Gasteiger partial charge in [-0.05, 0) is 0 Å². The van der Waals surface area contributed by atoms with Gasteiger partial charge < -0.3 is 0 Å². The first-order chi connectivity index (χ1) is 5.35. The van der Waals surface area contributed by atoms with E-state index in [-0.39, 0.29) is 11.8 Å². The van der Waals surface area contributed by atoms with Crippen molar-refractivity contribution >= 4 is 7.28 Å². The summed E-state index contributed by atoms with van der Waals surface area (Å²) in [5, 5.41) is 0. The first-order valence-corrected chi connectivity index (χ1v) is 6.96. The molecule has 0 bridgehead atoms. The minimum atomic E-state index is -4.30. The molecule has 0 radical (unpaired) electrons. The molecule has 0 heterocycles. The van der Waals surface area contributed by atoms with Crippen molar-refractivity contribution in [3.8, 4) is 0 Å². The predicted octanol–water partition coefficient (Wildman–Crippen LogP) is 1.86. The van der Waals surface area contributed by atoms with E-state index in [1.54, 1.807) is 0 Å². The van der Waals surface area contributed by atoms with Crippen LogP contribution in [-0.2, 0) is 0 Å². The van der Waals surface area contributed by atoms with Crippen LogP contribution in [0.2, 0.25) is 0 Å². The van der Waals surface area contributed by atoms with E-state index in [9.17, 15) is 14.7 Å². The van der Waals surface area contributed by atoms with Gasteiger partial charge >= 0.3 is 73.8 Å². The van der Waals surface area contributed by atoms with E-state index in [4.69, 9.17) is 0 Å². The summed E-state index contributed by atoms with van der Waals surface area (Å²) < 4.78 is 0. The molecule has 3 N–H and O–H groups in total. The van der Waals surface area contributed by atoms with E-state index >= 15 is 0 Å². The molecular formula is C8H21O3P. The van der Waals surface area contributed by atoms with Crippen LogP contribution in [0.5, 0.6) is 0 Å². The fourth-order valence-corrected chi connectivity index (χ4v) is 4.37. The summed E-state index contributed by atoms with van der Waals surface area (Å²) in [7, 11) is -4.30. The molecule has 0 aromatic heterocycles. The Kier molecular flexibility index (Phi) is 4.12. The molecule has 0 fully saturated rings. The molecule has 0 aliphatic heterocycles. The van der Waals surface area contributed by atoms with E-state index in [0.29, 0.717) is 19.3 Å². The summed E-state index contributed by atoms with van der Waals surface area (Å²) in [5.41, 5.74) is -0.337. The zero-order chi connectivity index (χ0) is 9.85. The summed E-state index contributed by atoms with van der Waals surface area (Å²) in [6.45, 7) is 5.58. The third-order valence-corrected chi connectivity index (χ3v) is 5.88. The molecule has 0 unspecified atom stereocenters. The topological polar surface area (TPSA) is 60.7 Å². The van der Waals surface area contributed by atoms with Gasteiger partial charge in [-0.25, -0.2) is 0 Å². The maximum atomic E-state index is 9.68. The Bertz CT molecular complexity index is 135. The van der Waals surface area contributed by atoms with Crippen LogP contribution >= 0.6 is 7.28 Å². The van der Waals surface area contributed by atoms with E-state index in [2.05, 4.69) is 0 Å². The van der Waals surface area contributed by atoms with Gasteiger partial charge in [0.1, 0.15) is 0 Å². The van der Waals surface area contributed by atoms with Gasteiger partial charge in [-0.3, -0.25) is 0 Å². The zero-order valence-corrected chi connectivity index (χ0v) is 9.09. The van der Waals surface area contributed by atoms with Gasteiger partial charge in [-0.1, -0.05) is 0 Å². The number of hydrogen-bond donors (Lipinski definition) is 3. The van der Waals surface area contributed by atoms with Gasteiger partial charge in [-0.2, -0.15) is 0 Å². The van der Waals surface area contributed by atoms with Crippen LogP contribution < -0.4 is 0 Å². The standard InChI is InChI=1S/C8H21O3P/c1-4-7-12(9,10,11)8(5-2)6-3/h8-11H,4-7H2,1-3H3. The Morgan fingerprint density at radius 1 is 1.00 bits per heavy atom. The number of rotatable bonds is 5. The van der Waals surface area contributed by atoms with Gasteiger partial charge in [0.05, 0.1) is 0 Å². The van der Waals surface area contributed by atoms with Gasteiger partial charge in [-0.15, -0.1) is 0 Å². The number of hydrogen-bond acceptors (Lipinski definition) is 3. The summed E-state index contributed by atoms with van der Waals surface area (Å²) in [4.78, 5) is 29.0. The molecule has 0 saturated heterocycles. The molecule has 0 aromatic rings. The van der Waals surface area contributed by atoms with Crippen LogP contribution in [0, 0.1) is 0 Å². The molecule has 0 saturated carbocycles. The van der Waals surface area contributed by atoms with Gasteiger partial charge in [0.25, 0.3) is 0 Å². The van der Waals surface area contributed by atoms with E-state index in [1.165, 1.54) is 0 Å². The molecular weight excluding hydrogens is 175 g/mol. The van der Waals surface area contributed by atoms with Crippen molar-refractivity contribution in [2.24, 2.45) is 0 Å². The van der Waals surface area contributed by atoms with Crippen LogP contribution in [0.1, 0.15) is 40.0 Å². The van der Waals surface area contributed by atoms with E-state index in [0.717, 1.165) is 0 Å². The average molecular weight is 196 g/mol. The molecule has 0 rings (SSSR count). The molecule has 12 heavy (non-hydrogen) atoms. The molecule has 0 aromatic carbocycles. The summed E-state index contributed by atoms with van der Waals surface area (Å²) >= 11 is 0. The Morgan fingerprint density at radius 3 is 1.67 bits per heavy atom. The SMILES string of the molecule is CCCP(O)(O)(O)C(CC)CC. The first kappa shape index (κ1) is 12.3. The van der Waals surface area contributed by atoms with Crippen molar-refractivity contribution in [1.29, 1.82) is 0 Å². The first-order valence-electron chi connectivity index (χ1n) is 4.61. The van der Waals surface area contributed by atoms with Gasteiger partial charge in [0.2, 0.25) is 0 Å². The van der Waals surface area contributed by atoms with Crippen LogP contribution in [0.15, 0.2) is 0 Å². The Balaban J connectivity index is 4.50. The molecule has 3 nitrogen and oxygen atoms in total. The maximum absolute atomic E-state index is 9.68. The molecule has 0 atom stereocenters. The molecule has 0 amide bonds. The van der Waals surface area contributed by atoms with Gasteiger partial charge in [0.15, 0.2) is 0 Å². The monoisotopic (exact) mass is 196 g/mol. The second kappa shape index (κ2) is 4.01. The Labute approximate surface area is 74.6 Å². The second-order valence-corrected chi connectivity index (χ2v) is 7.04. The summed E-state index contributed by atoms with van der Waals surface area (Å²) in [5.74, 6) is 0. The van der Waals surface area contributed by atoms with Crippen molar-refractivity contribution in [2.45, 2.75) is 45.7 Å². The normalized spacial score (nSPS) is 16.1. The van der Waals surface area contributed by atoms with E-state index in [1.807, 2.05) is 20.8 Å². The fourth-order valence-electron chi connectivity index (χ4n) is 1.65. The van der Waals surface area contributed by atoms with Crippen LogP contribution in [-0.4, -0.2) is 26.5 Å². The molecule has 0 aliphatic carbocycles. The molecule has 76 valence electrons. The third-order valence-electron chi connectivity index (χ3n) is 2.34. The van der Waals surface area contributed by atoms with Crippen LogP contribution in [0.4, 0.5) is 0 Å². The summed E-state index contributed by atoms with van der Waals surface area (Å²) in [6, 6.07) is 0. The van der Waals surface area contributed by atoms with Crippen LogP contribution in [0.3, 0.4) is 0 Å². The summed E-state index contributed by atoms with van der Waals surface area (Å²) in [6.07, 6.45) is 1.99. The molecule has 0 spiro atoms. The van der Waals surface area contributed by atoms with Crippen molar-refractivity contribution in [2.75, 3.05) is 6.16 Å². The average Bonchev–Trinajstić information content (AvgIpc) is 1.87. The Morgan fingerprint density at radius 2 is 1.42 bits per heavy atom. The zero-order valence-electron chi connectivity index (χ0n) is 8.19. The van der Waals surface area contributed by atoms with Crippen molar-refractivity contribution in [3.05, 3.63) is 0 Å². The predicted molar refractivity (Wildman–Crippen MR) is 53.1 cm³/mol.